The molecular formula is C13H19FN2O. The van der Waals surface area contributed by atoms with Crippen molar-refractivity contribution in [3.05, 3.63) is 29.6 Å². The summed E-state index contributed by atoms with van der Waals surface area (Å²) in [4.78, 5) is 11.8. The van der Waals surface area contributed by atoms with Crippen LogP contribution in [0.4, 0.5) is 10.1 Å². The predicted molar refractivity (Wildman–Crippen MR) is 67.5 cm³/mol. The fourth-order valence-electron chi connectivity index (χ4n) is 1.48. The number of amides is 1. The lowest BCUT2D eigenvalue weighted by molar-refractivity contribution is -0.119. The molecule has 1 unspecified atom stereocenters. The van der Waals surface area contributed by atoms with Crippen molar-refractivity contribution in [2.45, 2.75) is 20.8 Å². The molecule has 0 spiro atoms. The molecule has 0 saturated carbocycles. The van der Waals surface area contributed by atoms with E-state index in [2.05, 4.69) is 10.6 Å². The maximum Gasteiger partial charge on any atom is 0.228 e. The van der Waals surface area contributed by atoms with Crippen molar-refractivity contribution >= 4 is 11.6 Å². The summed E-state index contributed by atoms with van der Waals surface area (Å²) in [6.45, 7) is 7.11. The maximum atomic E-state index is 12.9. The number of hydrogen-bond donors (Lipinski definition) is 2. The molecule has 0 aliphatic carbocycles. The Morgan fingerprint density at radius 3 is 2.76 bits per heavy atom. The molecule has 2 N–H and O–H groups in total. The predicted octanol–water partition coefficient (Wildman–Crippen LogP) is 2.32. The van der Waals surface area contributed by atoms with Gasteiger partial charge >= 0.3 is 0 Å². The minimum absolute atomic E-state index is 0.0549. The Morgan fingerprint density at radius 1 is 1.47 bits per heavy atom. The Bertz CT molecular complexity index is 393. The highest BCUT2D eigenvalue weighted by Crippen LogP contribution is 2.16. The molecule has 0 aromatic heterocycles. The molecule has 94 valence electrons. The van der Waals surface area contributed by atoms with Gasteiger partial charge in [-0.05, 0) is 37.2 Å². The van der Waals surface area contributed by atoms with Crippen molar-refractivity contribution in [2.75, 3.05) is 18.4 Å². The standard InChI is InChI=1S/C13H19FN2O/c1-4-15-8-10(3)13(17)16-12-6-5-11(14)7-9(12)2/h5-7,10,15H,4,8H2,1-3H3,(H,16,17). The van der Waals surface area contributed by atoms with Crippen molar-refractivity contribution in [1.29, 1.82) is 0 Å². The van der Waals surface area contributed by atoms with Gasteiger partial charge in [0.1, 0.15) is 5.82 Å². The summed E-state index contributed by atoms with van der Waals surface area (Å²) in [5, 5.41) is 5.92. The van der Waals surface area contributed by atoms with Gasteiger partial charge in [0.05, 0.1) is 0 Å². The van der Waals surface area contributed by atoms with Gasteiger partial charge in [-0.2, -0.15) is 0 Å². The van der Waals surface area contributed by atoms with Gasteiger partial charge in [-0.3, -0.25) is 4.79 Å². The van der Waals surface area contributed by atoms with E-state index in [1.807, 2.05) is 13.8 Å². The number of anilines is 1. The number of aryl methyl sites for hydroxylation is 1. The first kappa shape index (κ1) is 13.6. The highest BCUT2D eigenvalue weighted by atomic mass is 19.1. The lowest BCUT2D eigenvalue weighted by Crippen LogP contribution is -2.30. The third-order valence-corrected chi connectivity index (χ3v) is 2.59. The number of hydrogen-bond acceptors (Lipinski definition) is 2. The van der Waals surface area contributed by atoms with Crippen LogP contribution >= 0.6 is 0 Å². The van der Waals surface area contributed by atoms with Crippen LogP contribution in [0.1, 0.15) is 19.4 Å². The van der Waals surface area contributed by atoms with E-state index in [4.69, 9.17) is 0 Å². The van der Waals surface area contributed by atoms with Crippen molar-refractivity contribution in [3.63, 3.8) is 0 Å². The Hall–Kier alpha value is -1.42. The molecule has 1 aromatic rings. The minimum atomic E-state index is -0.291. The molecule has 0 heterocycles. The van der Waals surface area contributed by atoms with Crippen LogP contribution in [-0.4, -0.2) is 19.0 Å². The molecule has 0 aliphatic heterocycles. The Balaban J connectivity index is 2.61. The molecule has 1 rings (SSSR count). The van der Waals surface area contributed by atoms with E-state index in [0.29, 0.717) is 12.2 Å². The molecule has 3 nitrogen and oxygen atoms in total. The summed E-state index contributed by atoms with van der Waals surface area (Å²) in [6.07, 6.45) is 0. The summed E-state index contributed by atoms with van der Waals surface area (Å²) < 4.78 is 12.9. The van der Waals surface area contributed by atoms with Gasteiger partial charge in [-0.1, -0.05) is 13.8 Å². The van der Waals surface area contributed by atoms with E-state index in [1.165, 1.54) is 12.1 Å². The van der Waals surface area contributed by atoms with Gasteiger partial charge in [-0.15, -0.1) is 0 Å². The highest BCUT2D eigenvalue weighted by molar-refractivity contribution is 5.93. The van der Waals surface area contributed by atoms with Crippen LogP contribution in [0, 0.1) is 18.7 Å². The van der Waals surface area contributed by atoms with Gasteiger partial charge in [-0.25, -0.2) is 4.39 Å². The van der Waals surface area contributed by atoms with E-state index in [0.717, 1.165) is 12.1 Å². The second-order valence-corrected chi connectivity index (χ2v) is 4.16. The van der Waals surface area contributed by atoms with E-state index in [-0.39, 0.29) is 17.6 Å². The number of carbonyl (C=O) groups is 1. The highest BCUT2D eigenvalue weighted by Gasteiger charge is 2.13. The second kappa shape index (κ2) is 6.35. The quantitative estimate of drug-likeness (QED) is 0.826. The van der Waals surface area contributed by atoms with Crippen LogP contribution in [0.2, 0.25) is 0 Å². The second-order valence-electron chi connectivity index (χ2n) is 4.16. The maximum absolute atomic E-state index is 12.9. The zero-order valence-corrected chi connectivity index (χ0v) is 10.5. The third-order valence-electron chi connectivity index (χ3n) is 2.59. The molecule has 0 aliphatic rings. The molecule has 0 saturated heterocycles. The van der Waals surface area contributed by atoms with Crippen molar-refractivity contribution in [1.82, 2.24) is 5.32 Å². The molecule has 17 heavy (non-hydrogen) atoms. The first-order chi connectivity index (χ1) is 8.04. The Morgan fingerprint density at radius 2 is 2.18 bits per heavy atom. The largest absolute Gasteiger partial charge is 0.326 e. The van der Waals surface area contributed by atoms with Crippen molar-refractivity contribution in [3.8, 4) is 0 Å². The Labute approximate surface area is 101 Å². The molecule has 0 radical (unpaired) electrons. The Kier molecular flexibility index (Phi) is 5.10. The number of rotatable bonds is 5. The zero-order valence-electron chi connectivity index (χ0n) is 10.5. The van der Waals surface area contributed by atoms with Gasteiger partial charge in [0.15, 0.2) is 0 Å². The van der Waals surface area contributed by atoms with E-state index < -0.39 is 0 Å². The zero-order chi connectivity index (χ0) is 12.8. The molecule has 0 fully saturated rings. The average molecular weight is 238 g/mol. The number of nitrogens with one attached hydrogen (secondary N) is 2. The van der Waals surface area contributed by atoms with E-state index in [9.17, 15) is 9.18 Å². The van der Waals surface area contributed by atoms with Gasteiger partial charge in [0, 0.05) is 18.2 Å². The van der Waals surface area contributed by atoms with Crippen molar-refractivity contribution < 1.29 is 9.18 Å². The molecule has 4 heteroatoms. The van der Waals surface area contributed by atoms with Crippen LogP contribution in [0.25, 0.3) is 0 Å². The van der Waals surface area contributed by atoms with Crippen LogP contribution in [0.15, 0.2) is 18.2 Å². The average Bonchev–Trinajstić information content (AvgIpc) is 2.29. The summed E-state index contributed by atoms with van der Waals surface area (Å²) >= 11 is 0. The number of benzene rings is 1. The van der Waals surface area contributed by atoms with E-state index >= 15 is 0 Å². The topological polar surface area (TPSA) is 41.1 Å². The third kappa shape index (κ3) is 4.15. The lowest BCUT2D eigenvalue weighted by atomic mass is 10.1. The molecule has 0 bridgehead atoms. The van der Waals surface area contributed by atoms with Gasteiger partial charge in [0.2, 0.25) is 5.91 Å². The molecule has 1 atom stereocenters. The lowest BCUT2D eigenvalue weighted by Gasteiger charge is -2.13. The van der Waals surface area contributed by atoms with Gasteiger partial charge in [0.25, 0.3) is 0 Å². The SMILES string of the molecule is CCNCC(C)C(=O)Nc1ccc(F)cc1C. The fourth-order valence-corrected chi connectivity index (χ4v) is 1.48. The first-order valence-electron chi connectivity index (χ1n) is 5.82. The summed E-state index contributed by atoms with van der Waals surface area (Å²) in [6, 6.07) is 4.34. The van der Waals surface area contributed by atoms with Gasteiger partial charge < -0.3 is 10.6 Å². The number of halogens is 1. The summed E-state index contributed by atoms with van der Waals surface area (Å²) in [5.74, 6) is -0.457. The molecule has 1 aromatic carbocycles. The van der Waals surface area contributed by atoms with Crippen LogP contribution in [0.3, 0.4) is 0 Å². The van der Waals surface area contributed by atoms with Crippen molar-refractivity contribution in [2.24, 2.45) is 5.92 Å². The summed E-state index contributed by atoms with van der Waals surface area (Å²) in [7, 11) is 0. The monoisotopic (exact) mass is 238 g/mol. The van der Waals surface area contributed by atoms with E-state index in [1.54, 1.807) is 13.0 Å². The molecule has 1 amide bonds. The smallest absolute Gasteiger partial charge is 0.228 e. The minimum Gasteiger partial charge on any atom is -0.326 e. The van der Waals surface area contributed by atoms with Crippen LogP contribution in [0.5, 0.6) is 0 Å². The first-order valence-corrected chi connectivity index (χ1v) is 5.82. The fraction of sp³-hybridized carbons (Fsp3) is 0.462. The normalized spacial score (nSPS) is 12.2. The molecular weight excluding hydrogens is 219 g/mol. The summed E-state index contributed by atoms with van der Waals surface area (Å²) in [5.41, 5.74) is 1.40. The number of carbonyl (C=O) groups excluding carboxylic acids is 1. The van der Waals surface area contributed by atoms with Crippen LogP contribution in [-0.2, 0) is 4.79 Å². The van der Waals surface area contributed by atoms with Crippen LogP contribution < -0.4 is 10.6 Å².